The molecule has 2 aromatic heterocycles. The number of aryl methyl sites for hydroxylation is 2. The third-order valence-electron chi connectivity index (χ3n) is 7.27. The number of aromatic nitrogens is 1. The first-order valence-corrected chi connectivity index (χ1v) is 16.4. The van der Waals surface area contributed by atoms with E-state index in [1.165, 1.54) is 12.3 Å². The summed E-state index contributed by atoms with van der Waals surface area (Å²) in [5.74, 6) is -1.16. The van der Waals surface area contributed by atoms with Crippen LogP contribution < -0.4 is 0 Å². The maximum Gasteiger partial charge on any atom is 0.180 e. The van der Waals surface area contributed by atoms with Crippen molar-refractivity contribution in [3.05, 3.63) is 129 Å². The molecule has 0 amide bonds. The zero-order valence-corrected chi connectivity index (χ0v) is 25.6. The molecular formula is C34H28ClNO5S2. The molecule has 0 saturated carbocycles. The molecule has 0 aliphatic carbocycles. The summed E-state index contributed by atoms with van der Waals surface area (Å²) >= 11 is 7.55. The fourth-order valence-electron chi connectivity index (χ4n) is 4.95. The molecule has 9 heteroatoms. The molecule has 3 aromatic carbocycles. The lowest BCUT2D eigenvalue weighted by atomic mass is 9.86. The number of rotatable bonds is 11. The number of ketones is 1. The van der Waals surface area contributed by atoms with Gasteiger partial charge in [0, 0.05) is 29.1 Å². The van der Waals surface area contributed by atoms with Crippen molar-refractivity contribution < 1.29 is 23.4 Å². The van der Waals surface area contributed by atoms with Gasteiger partial charge >= 0.3 is 0 Å². The molecule has 5 aromatic rings. The zero-order valence-electron chi connectivity index (χ0n) is 23.2. The van der Waals surface area contributed by atoms with Gasteiger partial charge in [-0.25, -0.2) is 8.42 Å². The van der Waals surface area contributed by atoms with E-state index in [0.29, 0.717) is 18.5 Å². The van der Waals surface area contributed by atoms with Gasteiger partial charge in [0.05, 0.1) is 26.9 Å². The Labute approximate surface area is 260 Å². The van der Waals surface area contributed by atoms with Crippen LogP contribution in [0.1, 0.15) is 44.3 Å². The van der Waals surface area contributed by atoms with E-state index in [2.05, 4.69) is 17.1 Å². The Hall–Kier alpha value is -4.16. The highest BCUT2D eigenvalue weighted by molar-refractivity contribution is 7.91. The molecule has 0 radical (unpaired) electrons. The monoisotopic (exact) mass is 629 g/mol. The van der Waals surface area contributed by atoms with Crippen molar-refractivity contribution >= 4 is 38.6 Å². The van der Waals surface area contributed by atoms with Crippen molar-refractivity contribution in [3.8, 4) is 22.8 Å². The summed E-state index contributed by atoms with van der Waals surface area (Å²) in [6.45, 7) is 1.84. The molecule has 1 atom stereocenters. The number of hydrogen-bond acceptors (Lipinski definition) is 7. The molecule has 218 valence electrons. The second-order valence-electron chi connectivity index (χ2n) is 10.3. The van der Waals surface area contributed by atoms with Crippen LogP contribution in [0.25, 0.3) is 11.3 Å². The van der Waals surface area contributed by atoms with E-state index >= 15 is 0 Å². The van der Waals surface area contributed by atoms with E-state index in [9.17, 15) is 23.4 Å². The summed E-state index contributed by atoms with van der Waals surface area (Å²) in [5, 5.41) is 22.0. The van der Waals surface area contributed by atoms with Gasteiger partial charge in [0.1, 0.15) is 11.5 Å². The van der Waals surface area contributed by atoms with Crippen molar-refractivity contribution in [1.29, 1.82) is 0 Å². The average molecular weight is 630 g/mol. The first-order chi connectivity index (χ1) is 20.6. The first-order valence-electron chi connectivity index (χ1n) is 13.5. The van der Waals surface area contributed by atoms with Crippen LogP contribution in [0.3, 0.4) is 0 Å². The second kappa shape index (κ2) is 13.0. The van der Waals surface area contributed by atoms with Crippen molar-refractivity contribution in [2.75, 3.05) is 5.75 Å². The molecule has 0 aliphatic heterocycles. The minimum atomic E-state index is -3.48. The van der Waals surface area contributed by atoms with E-state index in [1.54, 1.807) is 23.5 Å². The van der Waals surface area contributed by atoms with Crippen LogP contribution in [-0.2, 0) is 22.7 Å². The molecule has 0 bridgehead atoms. The summed E-state index contributed by atoms with van der Waals surface area (Å²) < 4.78 is 25.9. The fourth-order valence-corrected chi connectivity index (χ4v) is 7.24. The smallest absolute Gasteiger partial charge is 0.180 e. The van der Waals surface area contributed by atoms with Crippen molar-refractivity contribution in [2.24, 2.45) is 0 Å². The van der Waals surface area contributed by atoms with Crippen LogP contribution in [0, 0.1) is 19.1 Å². The molecule has 1 unspecified atom stereocenters. The van der Waals surface area contributed by atoms with Crippen LogP contribution in [0.5, 0.6) is 11.5 Å². The minimum Gasteiger partial charge on any atom is -0.507 e. The van der Waals surface area contributed by atoms with Crippen molar-refractivity contribution in [1.82, 2.24) is 4.98 Å². The Morgan fingerprint density at radius 2 is 1.84 bits per heavy atom. The highest BCUT2D eigenvalue weighted by Crippen LogP contribution is 2.35. The van der Waals surface area contributed by atoms with Gasteiger partial charge in [-0.05, 0) is 84.2 Å². The Balaban J connectivity index is 1.38. The van der Waals surface area contributed by atoms with Gasteiger partial charge in [-0.3, -0.25) is 9.78 Å². The van der Waals surface area contributed by atoms with E-state index in [0.717, 1.165) is 33.2 Å². The molecular weight excluding hydrogens is 602 g/mol. The van der Waals surface area contributed by atoms with E-state index in [4.69, 9.17) is 11.6 Å². The molecule has 2 N–H and O–H groups in total. The quantitative estimate of drug-likeness (QED) is 0.148. The van der Waals surface area contributed by atoms with Gasteiger partial charge in [0.25, 0.3) is 0 Å². The standard InChI is InChI=1S/C34H28ClNO5S2/c1-22-16-28(43(40,41)15-13-27-8-5-14-42-27)21-36-34(22)25-11-9-24(10-12-25)26(17-23-6-3-2-4-7-23)18-31(37)29-19-30(35)33(39)20-32(29)38/h3,5-12,14,16,19-21,26,38-39H,13,15,17-18H2,1H3. The maximum absolute atomic E-state index is 13.3. The normalized spacial score (nSPS) is 12.0. The van der Waals surface area contributed by atoms with Gasteiger partial charge in [0.2, 0.25) is 0 Å². The van der Waals surface area contributed by atoms with E-state index in [-0.39, 0.29) is 50.9 Å². The number of Topliss-reactive ketones (excluding diaryl/α,β-unsaturated/α-hetero) is 1. The summed E-state index contributed by atoms with van der Waals surface area (Å²) in [6.07, 6.45) is 2.50. The Bertz CT molecular complexity index is 1840. The molecule has 0 spiro atoms. The summed E-state index contributed by atoms with van der Waals surface area (Å²) in [4.78, 5) is 19.0. The van der Waals surface area contributed by atoms with Crippen LogP contribution in [0.4, 0.5) is 0 Å². The van der Waals surface area contributed by atoms with E-state index in [1.807, 2.05) is 60.8 Å². The highest BCUT2D eigenvalue weighted by atomic mass is 35.5. The summed E-state index contributed by atoms with van der Waals surface area (Å²) in [7, 11) is -3.48. The minimum absolute atomic E-state index is 0.0144. The predicted octanol–water partition coefficient (Wildman–Crippen LogP) is 7.40. The number of thiophene rings is 1. The van der Waals surface area contributed by atoms with Crippen molar-refractivity contribution in [2.45, 2.75) is 37.0 Å². The van der Waals surface area contributed by atoms with Gasteiger partial charge < -0.3 is 10.2 Å². The van der Waals surface area contributed by atoms with Gasteiger partial charge in [-0.2, -0.15) is 0 Å². The van der Waals surface area contributed by atoms with E-state index < -0.39 is 9.84 Å². The number of phenolic OH excluding ortho intramolecular Hbond substituents is 2. The van der Waals surface area contributed by atoms with Gasteiger partial charge in [-0.15, -0.1) is 11.3 Å². The average Bonchev–Trinajstić information content (AvgIpc) is 3.52. The number of halogens is 1. The molecule has 5 rings (SSSR count). The number of hydrogen-bond donors (Lipinski definition) is 2. The lowest BCUT2D eigenvalue weighted by molar-refractivity contribution is 0.0971. The molecule has 6 nitrogen and oxygen atoms in total. The first kappa shape index (κ1) is 30.3. The highest BCUT2D eigenvalue weighted by Gasteiger charge is 2.22. The molecule has 0 fully saturated rings. The lowest BCUT2D eigenvalue weighted by Gasteiger charge is -2.18. The number of nitrogens with zero attached hydrogens (tertiary/aromatic N) is 1. The lowest BCUT2D eigenvalue weighted by Crippen LogP contribution is -2.11. The van der Waals surface area contributed by atoms with Crippen LogP contribution >= 0.6 is 22.9 Å². The molecule has 0 aliphatic rings. The van der Waals surface area contributed by atoms with Crippen LogP contribution in [0.2, 0.25) is 5.02 Å². The third-order valence-corrected chi connectivity index (χ3v) is 10.2. The number of aromatic hydroxyl groups is 2. The number of carbonyl (C=O) groups is 1. The maximum atomic E-state index is 13.3. The number of carbonyl (C=O) groups excluding carboxylic acids is 1. The molecule has 43 heavy (non-hydrogen) atoms. The van der Waals surface area contributed by atoms with Gasteiger partial charge in [0.15, 0.2) is 15.6 Å². The Morgan fingerprint density at radius 3 is 2.51 bits per heavy atom. The van der Waals surface area contributed by atoms with Crippen LogP contribution in [0.15, 0.2) is 89.3 Å². The Morgan fingerprint density at radius 1 is 1.05 bits per heavy atom. The topological polar surface area (TPSA) is 105 Å². The van der Waals surface area contributed by atoms with Crippen LogP contribution in [-0.4, -0.2) is 35.2 Å². The second-order valence-corrected chi connectivity index (χ2v) is 13.8. The third kappa shape index (κ3) is 7.26. The summed E-state index contributed by atoms with van der Waals surface area (Å²) in [6, 6.07) is 26.9. The Kier molecular flexibility index (Phi) is 9.16. The zero-order chi connectivity index (χ0) is 30.6. The number of phenols is 2. The predicted molar refractivity (Wildman–Crippen MR) is 169 cm³/mol. The van der Waals surface area contributed by atoms with Crippen molar-refractivity contribution in [3.63, 3.8) is 0 Å². The molecule has 2 heterocycles. The summed E-state index contributed by atoms with van der Waals surface area (Å²) in [5.41, 5.74) is 4.16. The largest absolute Gasteiger partial charge is 0.507 e. The number of benzene rings is 2. The number of sulfone groups is 1. The SMILES string of the molecule is Cc1cc(S(=O)(=O)CCc2cccs2)cnc1-c1ccc(C(CC(=O)c2cc(Cl)c(O)cc2O)Cc2cc#ccc2)cc1. The number of pyridine rings is 1. The fraction of sp³-hybridized carbons (Fsp3) is 0.176. The van der Waals surface area contributed by atoms with Gasteiger partial charge in [-0.1, -0.05) is 54.1 Å². The molecule has 0 saturated heterocycles.